The van der Waals surface area contributed by atoms with Crippen LogP contribution in [0.25, 0.3) is 0 Å². The first-order valence-electron chi connectivity index (χ1n) is 12.9. The molecule has 0 N–H and O–H groups in total. The van der Waals surface area contributed by atoms with E-state index in [-0.39, 0.29) is 29.8 Å². The summed E-state index contributed by atoms with van der Waals surface area (Å²) in [6.07, 6.45) is 3.98. The van der Waals surface area contributed by atoms with Crippen molar-refractivity contribution in [3.8, 4) is 5.75 Å². The minimum atomic E-state index is -0.142. The van der Waals surface area contributed by atoms with Gasteiger partial charge in [0.05, 0.1) is 20.2 Å². The number of hydrogen-bond donors (Lipinski definition) is 0. The molecule has 200 valence electrons. The standard InChI is InChI=1S/C29H45N3O4/c1-8-23(2)32(28(34)22-31(16-11-17-35-6)27(33)19-29(3,4)5)21-25-13-10-15-30(25)20-24-12-9-14-26(18-24)36-7/h9-10,12-15,18,23H,8,11,16-17,19-22H2,1-7H3. The molecule has 0 fully saturated rings. The second-order valence-corrected chi connectivity index (χ2v) is 10.7. The SMILES string of the molecule is CCC(C)N(Cc1cccn1Cc1cccc(OC)c1)C(=O)CN(CCCOC)C(=O)CC(C)(C)C. The Balaban J connectivity index is 2.20. The fourth-order valence-corrected chi connectivity index (χ4v) is 4.11. The van der Waals surface area contributed by atoms with Crippen LogP contribution >= 0.6 is 0 Å². The lowest BCUT2D eigenvalue weighted by Gasteiger charge is -2.33. The lowest BCUT2D eigenvalue weighted by molar-refractivity contribution is -0.143. The van der Waals surface area contributed by atoms with Gasteiger partial charge in [-0.25, -0.2) is 0 Å². The summed E-state index contributed by atoms with van der Waals surface area (Å²) in [6.45, 7) is 12.6. The molecule has 0 bridgehead atoms. The average Bonchev–Trinajstić information content (AvgIpc) is 3.26. The van der Waals surface area contributed by atoms with E-state index in [1.165, 1.54) is 0 Å². The van der Waals surface area contributed by atoms with Crippen LogP contribution in [0, 0.1) is 5.41 Å². The number of ether oxygens (including phenoxy) is 2. The molecule has 0 aliphatic carbocycles. The van der Waals surface area contributed by atoms with Gasteiger partial charge in [0.1, 0.15) is 5.75 Å². The van der Waals surface area contributed by atoms with Crippen LogP contribution in [0.4, 0.5) is 0 Å². The number of carbonyl (C=O) groups excluding carboxylic acids is 2. The Morgan fingerprint density at radius 1 is 1.08 bits per heavy atom. The maximum absolute atomic E-state index is 13.6. The minimum absolute atomic E-state index is 0.0115. The van der Waals surface area contributed by atoms with E-state index in [1.807, 2.05) is 56.1 Å². The van der Waals surface area contributed by atoms with Gasteiger partial charge in [0.2, 0.25) is 11.8 Å². The highest BCUT2D eigenvalue weighted by molar-refractivity contribution is 5.85. The van der Waals surface area contributed by atoms with Crippen molar-refractivity contribution in [1.82, 2.24) is 14.4 Å². The largest absolute Gasteiger partial charge is 0.497 e. The Morgan fingerprint density at radius 2 is 1.83 bits per heavy atom. The third-order valence-corrected chi connectivity index (χ3v) is 6.32. The van der Waals surface area contributed by atoms with E-state index >= 15 is 0 Å². The lowest BCUT2D eigenvalue weighted by atomic mass is 9.91. The zero-order chi connectivity index (χ0) is 26.7. The summed E-state index contributed by atoms with van der Waals surface area (Å²) in [7, 11) is 3.32. The average molecular weight is 500 g/mol. The van der Waals surface area contributed by atoms with E-state index in [9.17, 15) is 9.59 Å². The van der Waals surface area contributed by atoms with Gasteiger partial charge >= 0.3 is 0 Å². The fraction of sp³-hybridized carbons (Fsp3) is 0.586. The van der Waals surface area contributed by atoms with Gasteiger partial charge in [-0.15, -0.1) is 0 Å². The first-order valence-corrected chi connectivity index (χ1v) is 12.9. The highest BCUT2D eigenvalue weighted by Crippen LogP contribution is 2.21. The van der Waals surface area contributed by atoms with Crippen molar-refractivity contribution in [2.24, 2.45) is 5.41 Å². The predicted molar refractivity (Wildman–Crippen MR) is 144 cm³/mol. The molecule has 0 aliphatic rings. The van der Waals surface area contributed by atoms with Gasteiger partial charge < -0.3 is 23.8 Å². The summed E-state index contributed by atoms with van der Waals surface area (Å²) in [6, 6.07) is 12.1. The Morgan fingerprint density at radius 3 is 2.47 bits per heavy atom. The second-order valence-electron chi connectivity index (χ2n) is 10.7. The van der Waals surface area contributed by atoms with Crippen LogP contribution in [0.15, 0.2) is 42.6 Å². The summed E-state index contributed by atoms with van der Waals surface area (Å²) in [5, 5.41) is 0. The minimum Gasteiger partial charge on any atom is -0.497 e. The van der Waals surface area contributed by atoms with Crippen molar-refractivity contribution in [3.63, 3.8) is 0 Å². The van der Waals surface area contributed by atoms with Crippen LogP contribution in [0.2, 0.25) is 0 Å². The monoisotopic (exact) mass is 499 g/mol. The van der Waals surface area contributed by atoms with Gasteiger partial charge in [-0.2, -0.15) is 0 Å². The molecule has 0 spiro atoms. The van der Waals surface area contributed by atoms with Gasteiger partial charge in [0, 0.05) is 51.2 Å². The molecular weight excluding hydrogens is 454 g/mol. The van der Waals surface area contributed by atoms with Crippen LogP contribution < -0.4 is 4.74 Å². The lowest BCUT2D eigenvalue weighted by Crippen LogP contribution is -2.47. The summed E-state index contributed by atoms with van der Waals surface area (Å²) in [5.74, 6) is 0.807. The Bertz CT molecular complexity index is 963. The zero-order valence-corrected chi connectivity index (χ0v) is 23.3. The third kappa shape index (κ3) is 9.34. The Hall–Kier alpha value is -2.80. The van der Waals surface area contributed by atoms with Gasteiger partial charge in [0.15, 0.2) is 0 Å². The quantitative estimate of drug-likeness (QED) is 0.344. The summed E-state index contributed by atoms with van der Waals surface area (Å²) >= 11 is 0. The second kappa shape index (κ2) is 14.1. The molecule has 7 heteroatoms. The van der Waals surface area contributed by atoms with E-state index < -0.39 is 0 Å². The zero-order valence-electron chi connectivity index (χ0n) is 23.3. The summed E-state index contributed by atoms with van der Waals surface area (Å²) in [4.78, 5) is 30.3. The van der Waals surface area contributed by atoms with Crippen LogP contribution in [0.5, 0.6) is 5.75 Å². The number of amides is 2. The molecule has 2 amide bonds. The van der Waals surface area contributed by atoms with Gasteiger partial charge in [-0.1, -0.05) is 39.8 Å². The molecule has 1 aromatic heterocycles. The van der Waals surface area contributed by atoms with Crippen LogP contribution in [-0.4, -0.2) is 66.1 Å². The third-order valence-electron chi connectivity index (χ3n) is 6.32. The molecular formula is C29H45N3O4. The molecule has 1 heterocycles. The number of carbonyl (C=O) groups is 2. The normalized spacial score (nSPS) is 12.3. The number of methoxy groups -OCH3 is 2. The molecule has 1 unspecified atom stereocenters. The number of hydrogen-bond acceptors (Lipinski definition) is 4. The van der Waals surface area contributed by atoms with E-state index in [2.05, 4.69) is 30.5 Å². The molecule has 0 saturated heterocycles. The Kier molecular flexibility index (Phi) is 11.5. The van der Waals surface area contributed by atoms with Crippen molar-refractivity contribution in [1.29, 1.82) is 0 Å². The topological polar surface area (TPSA) is 64.0 Å². The molecule has 2 rings (SSSR count). The molecule has 1 atom stereocenters. The van der Waals surface area contributed by atoms with Gasteiger partial charge in [0.25, 0.3) is 0 Å². The smallest absolute Gasteiger partial charge is 0.242 e. The Labute approximate surface area is 217 Å². The molecule has 0 saturated carbocycles. The van der Waals surface area contributed by atoms with Crippen LogP contribution in [0.3, 0.4) is 0 Å². The molecule has 36 heavy (non-hydrogen) atoms. The first kappa shape index (κ1) is 29.4. The van der Waals surface area contributed by atoms with Crippen molar-refractivity contribution < 1.29 is 19.1 Å². The highest BCUT2D eigenvalue weighted by Gasteiger charge is 2.27. The predicted octanol–water partition coefficient (Wildman–Crippen LogP) is 4.97. The number of nitrogens with zero attached hydrogens (tertiary/aromatic N) is 3. The first-order chi connectivity index (χ1) is 17.1. The molecule has 0 aliphatic heterocycles. The molecule has 0 radical (unpaired) electrons. The van der Waals surface area contributed by atoms with Crippen molar-refractivity contribution in [2.45, 2.75) is 73.0 Å². The highest BCUT2D eigenvalue weighted by atomic mass is 16.5. The number of rotatable bonds is 14. The molecule has 7 nitrogen and oxygen atoms in total. The van der Waals surface area contributed by atoms with Crippen molar-refractivity contribution in [2.75, 3.05) is 33.9 Å². The van der Waals surface area contributed by atoms with Crippen molar-refractivity contribution >= 4 is 11.8 Å². The van der Waals surface area contributed by atoms with Crippen molar-refractivity contribution in [3.05, 3.63) is 53.9 Å². The summed E-state index contributed by atoms with van der Waals surface area (Å²) < 4.78 is 12.7. The fourth-order valence-electron chi connectivity index (χ4n) is 4.11. The van der Waals surface area contributed by atoms with E-state index in [0.717, 1.165) is 23.4 Å². The summed E-state index contributed by atoms with van der Waals surface area (Å²) in [5.41, 5.74) is 2.04. The molecule has 1 aromatic carbocycles. The maximum Gasteiger partial charge on any atom is 0.242 e. The number of aromatic nitrogens is 1. The van der Waals surface area contributed by atoms with E-state index in [0.29, 0.717) is 39.1 Å². The number of benzene rings is 1. The van der Waals surface area contributed by atoms with Gasteiger partial charge in [-0.3, -0.25) is 9.59 Å². The van der Waals surface area contributed by atoms with Crippen LogP contribution in [-0.2, 0) is 27.4 Å². The van der Waals surface area contributed by atoms with Gasteiger partial charge in [-0.05, 0) is 55.0 Å². The molecule has 2 aromatic rings. The van der Waals surface area contributed by atoms with E-state index in [4.69, 9.17) is 9.47 Å². The maximum atomic E-state index is 13.6. The van der Waals surface area contributed by atoms with E-state index in [1.54, 1.807) is 19.1 Å². The van der Waals surface area contributed by atoms with Crippen LogP contribution in [0.1, 0.15) is 65.1 Å².